The summed E-state index contributed by atoms with van der Waals surface area (Å²) in [7, 11) is 1.56. The maximum Gasteiger partial charge on any atom is 0.255 e. The average Bonchev–Trinajstić information content (AvgIpc) is 3.20. The lowest BCUT2D eigenvalue weighted by Crippen LogP contribution is -2.25. The first-order valence-corrected chi connectivity index (χ1v) is 11.3. The van der Waals surface area contributed by atoms with Crippen molar-refractivity contribution in [2.75, 3.05) is 20.3 Å². The molecule has 0 aliphatic rings. The fraction of sp³-hybridized carbons (Fsp3) is 0.231. The summed E-state index contributed by atoms with van der Waals surface area (Å²) < 4.78 is 13.3. The third-order valence-electron chi connectivity index (χ3n) is 5.36. The minimum absolute atomic E-state index is 0.144. The average molecular weight is 464 g/mol. The van der Waals surface area contributed by atoms with E-state index in [2.05, 4.69) is 16.0 Å². The Balaban J connectivity index is 1.38. The van der Waals surface area contributed by atoms with Crippen molar-refractivity contribution in [2.24, 2.45) is 0 Å². The van der Waals surface area contributed by atoms with Crippen molar-refractivity contribution >= 4 is 28.5 Å². The highest BCUT2D eigenvalue weighted by atomic mass is 35.5. The van der Waals surface area contributed by atoms with Gasteiger partial charge < -0.3 is 19.4 Å². The van der Waals surface area contributed by atoms with Gasteiger partial charge in [-0.3, -0.25) is 4.79 Å². The summed E-state index contributed by atoms with van der Waals surface area (Å²) >= 11 is 6.20. The fourth-order valence-corrected chi connectivity index (χ4v) is 3.94. The maximum absolute atomic E-state index is 12.5. The van der Waals surface area contributed by atoms with Crippen molar-refractivity contribution < 1.29 is 14.3 Å². The van der Waals surface area contributed by atoms with E-state index in [1.54, 1.807) is 19.2 Å². The van der Waals surface area contributed by atoms with Gasteiger partial charge in [0.1, 0.15) is 23.9 Å². The molecule has 0 aliphatic carbocycles. The van der Waals surface area contributed by atoms with E-state index in [0.29, 0.717) is 41.8 Å². The van der Waals surface area contributed by atoms with Gasteiger partial charge in [0, 0.05) is 13.0 Å². The zero-order valence-electron chi connectivity index (χ0n) is 18.5. The van der Waals surface area contributed by atoms with Crippen molar-refractivity contribution in [3.05, 3.63) is 89.2 Å². The number of ether oxygens (including phenoxy) is 2. The first-order chi connectivity index (χ1) is 16.2. The minimum atomic E-state index is -0.144. The zero-order chi connectivity index (χ0) is 23.0. The minimum Gasteiger partial charge on any atom is -0.496 e. The van der Waals surface area contributed by atoms with Crippen LogP contribution >= 0.6 is 11.6 Å². The molecule has 170 valence electrons. The first kappa shape index (κ1) is 22.7. The van der Waals surface area contributed by atoms with E-state index >= 15 is 0 Å². The number of imidazole rings is 1. The number of halogens is 1. The summed E-state index contributed by atoms with van der Waals surface area (Å²) in [6.07, 6.45) is 1.49. The van der Waals surface area contributed by atoms with Crippen LogP contribution < -0.4 is 14.8 Å². The Morgan fingerprint density at radius 1 is 1.00 bits per heavy atom. The number of carbonyl (C=O) groups excluding carboxylic acids is 1. The summed E-state index contributed by atoms with van der Waals surface area (Å²) in [5.74, 6) is 2.05. The summed E-state index contributed by atoms with van der Waals surface area (Å²) in [6, 6.07) is 22.7. The van der Waals surface area contributed by atoms with Gasteiger partial charge in [-0.25, -0.2) is 4.98 Å². The SMILES string of the molecule is COc1ccccc1C(=O)NCCCc1nc2ccccc2n1CCOc1ccccc1Cl. The molecule has 0 fully saturated rings. The lowest BCUT2D eigenvalue weighted by Gasteiger charge is -2.12. The molecular weight excluding hydrogens is 438 g/mol. The van der Waals surface area contributed by atoms with E-state index in [1.807, 2.05) is 54.6 Å². The van der Waals surface area contributed by atoms with Crippen LogP contribution in [0, 0.1) is 0 Å². The van der Waals surface area contributed by atoms with E-state index < -0.39 is 0 Å². The Kier molecular flexibility index (Phi) is 7.47. The third kappa shape index (κ3) is 5.46. The Morgan fingerprint density at radius 3 is 2.55 bits per heavy atom. The number of aromatic nitrogens is 2. The molecule has 0 atom stereocenters. The molecular formula is C26H26ClN3O3. The molecule has 0 bridgehead atoms. The number of aryl methyl sites for hydroxylation is 1. The van der Waals surface area contributed by atoms with Crippen LogP contribution in [0.5, 0.6) is 11.5 Å². The summed E-state index contributed by atoms with van der Waals surface area (Å²) in [5, 5.41) is 3.57. The van der Waals surface area contributed by atoms with E-state index in [0.717, 1.165) is 29.7 Å². The Labute approximate surface area is 198 Å². The van der Waals surface area contributed by atoms with Gasteiger partial charge in [0.15, 0.2) is 0 Å². The molecule has 3 aromatic carbocycles. The van der Waals surface area contributed by atoms with Crippen LogP contribution in [0.15, 0.2) is 72.8 Å². The second kappa shape index (κ2) is 10.9. The quantitative estimate of drug-likeness (QED) is 0.331. The number of carbonyl (C=O) groups is 1. The van der Waals surface area contributed by atoms with E-state index in [-0.39, 0.29) is 5.91 Å². The van der Waals surface area contributed by atoms with Gasteiger partial charge in [-0.15, -0.1) is 0 Å². The van der Waals surface area contributed by atoms with Crippen LogP contribution in [0.1, 0.15) is 22.6 Å². The topological polar surface area (TPSA) is 65.4 Å². The molecule has 1 N–H and O–H groups in total. The van der Waals surface area contributed by atoms with Gasteiger partial charge in [0.25, 0.3) is 5.91 Å². The predicted octanol–water partition coefficient (Wildman–Crippen LogP) is 5.14. The summed E-state index contributed by atoms with van der Waals surface area (Å²) in [6.45, 7) is 1.66. The van der Waals surface area contributed by atoms with Crippen molar-refractivity contribution in [1.82, 2.24) is 14.9 Å². The van der Waals surface area contributed by atoms with Crippen LogP contribution in [0.4, 0.5) is 0 Å². The molecule has 4 aromatic rings. The zero-order valence-corrected chi connectivity index (χ0v) is 19.2. The second-order valence-corrected chi connectivity index (χ2v) is 7.91. The molecule has 0 unspecified atom stereocenters. The number of para-hydroxylation sites is 4. The number of nitrogens with zero attached hydrogens (tertiary/aromatic N) is 2. The monoisotopic (exact) mass is 463 g/mol. The van der Waals surface area contributed by atoms with Gasteiger partial charge in [0.05, 0.1) is 35.3 Å². The molecule has 6 nitrogen and oxygen atoms in total. The lowest BCUT2D eigenvalue weighted by molar-refractivity contribution is 0.0950. The smallest absolute Gasteiger partial charge is 0.255 e. The van der Waals surface area contributed by atoms with Gasteiger partial charge in [-0.1, -0.05) is 48.0 Å². The van der Waals surface area contributed by atoms with Crippen LogP contribution in [0.25, 0.3) is 11.0 Å². The molecule has 1 amide bonds. The largest absolute Gasteiger partial charge is 0.496 e. The number of methoxy groups -OCH3 is 1. The number of amides is 1. The molecule has 4 rings (SSSR count). The second-order valence-electron chi connectivity index (χ2n) is 7.51. The first-order valence-electron chi connectivity index (χ1n) is 10.9. The van der Waals surface area contributed by atoms with Crippen molar-refractivity contribution in [1.29, 1.82) is 0 Å². The molecule has 0 aliphatic heterocycles. The van der Waals surface area contributed by atoms with Crippen LogP contribution in [0.3, 0.4) is 0 Å². The number of benzene rings is 3. The molecule has 0 radical (unpaired) electrons. The lowest BCUT2D eigenvalue weighted by atomic mass is 10.2. The maximum atomic E-state index is 12.5. The highest BCUT2D eigenvalue weighted by molar-refractivity contribution is 6.32. The molecule has 0 saturated heterocycles. The van der Waals surface area contributed by atoms with Crippen LogP contribution in [-0.4, -0.2) is 35.7 Å². The van der Waals surface area contributed by atoms with Gasteiger partial charge in [-0.05, 0) is 42.8 Å². The third-order valence-corrected chi connectivity index (χ3v) is 5.67. The summed E-state index contributed by atoms with van der Waals surface area (Å²) in [4.78, 5) is 17.3. The highest BCUT2D eigenvalue weighted by Gasteiger charge is 2.13. The van der Waals surface area contributed by atoms with E-state index in [4.69, 9.17) is 26.1 Å². The van der Waals surface area contributed by atoms with Gasteiger partial charge >= 0.3 is 0 Å². The standard InChI is InChI=1S/C26H26ClN3O3/c1-32-23-13-6-2-9-19(23)26(31)28-16-8-15-25-29-21-11-4-5-12-22(21)30(25)17-18-33-24-14-7-3-10-20(24)27/h2-7,9-14H,8,15-18H2,1H3,(H,28,31). The summed E-state index contributed by atoms with van der Waals surface area (Å²) in [5.41, 5.74) is 2.54. The van der Waals surface area contributed by atoms with E-state index in [9.17, 15) is 4.79 Å². The molecule has 0 saturated carbocycles. The van der Waals surface area contributed by atoms with Crippen molar-refractivity contribution in [3.63, 3.8) is 0 Å². The van der Waals surface area contributed by atoms with Crippen molar-refractivity contribution in [2.45, 2.75) is 19.4 Å². The molecule has 1 heterocycles. The fourth-order valence-electron chi connectivity index (χ4n) is 3.75. The number of rotatable bonds is 10. The highest BCUT2D eigenvalue weighted by Crippen LogP contribution is 2.24. The van der Waals surface area contributed by atoms with Crippen LogP contribution in [-0.2, 0) is 13.0 Å². The molecule has 0 spiro atoms. The number of hydrogen-bond donors (Lipinski definition) is 1. The Hall–Kier alpha value is -3.51. The van der Waals surface area contributed by atoms with Gasteiger partial charge in [0.2, 0.25) is 0 Å². The Bertz CT molecular complexity index is 1240. The van der Waals surface area contributed by atoms with Gasteiger partial charge in [-0.2, -0.15) is 0 Å². The molecule has 7 heteroatoms. The molecule has 33 heavy (non-hydrogen) atoms. The van der Waals surface area contributed by atoms with Crippen molar-refractivity contribution in [3.8, 4) is 11.5 Å². The normalized spacial score (nSPS) is 10.8. The number of nitrogens with one attached hydrogen (secondary N) is 1. The number of fused-ring (bicyclic) bond motifs is 1. The molecule has 1 aromatic heterocycles. The number of hydrogen-bond acceptors (Lipinski definition) is 4. The Morgan fingerprint density at radius 2 is 1.73 bits per heavy atom. The van der Waals surface area contributed by atoms with Crippen LogP contribution in [0.2, 0.25) is 5.02 Å². The van der Waals surface area contributed by atoms with E-state index in [1.165, 1.54) is 0 Å². The predicted molar refractivity (Wildman–Crippen MR) is 130 cm³/mol.